The van der Waals surface area contributed by atoms with E-state index in [-0.39, 0.29) is 11.5 Å². The number of benzene rings is 1. The van der Waals surface area contributed by atoms with Gasteiger partial charge in [0.2, 0.25) is 5.78 Å². The highest BCUT2D eigenvalue weighted by Crippen LogP contribution is 2.30. The normalized spacial score (nSPS) is 16.6. The van der Waals surface area contributed by atoms with Gasteiger partial charge in [0, 0.05) is 19.3 Å². The zero-order valence-electron chi connectivity index (χ0n) is 9.43. The lowest BCUT2D eigenvalue weighted by Gasteiger charge is -2.01. The zero-order valence-corrected chi connectivity index (χ0v) is 9.43. The number of hydrogen-bond acceptors (Lipinski definition) is 4. The summed E-state index contributed by atoms with van der Waals surface area (Å²) >= 11 is 0. The van der Waals surface area contributed by atoms with Gasteiger partial charge in [0.1, 0.15) is 5.75 Å². The summed E-state index contributed by atoms with van der Waals surface area (Å²) < 4.78 is 5.47. The van der Waals surface area contributed by atoms with Gasteiger partial charge in [0.05, 0.1) is 11.3 Å². The topological polar surface area (TPSA) is 50.7 Å². The summed E-state index contributed by atoms with van der Waals surface area (Å²) in [7, 11) is 1.74. The van der Waals surface area contributed by atoms with Crippen LogP contribution in [-0.4, -0.2) is 19.5 Å². The Morgan fingerprint density at radius 2 is 2.24 bits per heavy atom. The Balaban J connectivity index is 2.34. The van der Waals surface area contributed by atoms with Crippen LogP contribution in [0.15, 0.2) is 53.0 Å². The van der Waals surface area contributed by atoms with Crippen LogP contribution in [0.2, 0.25) is 0 Å². The molecule has 0 aromatic heterocycles. The molecule has 1 aromatic carbocycles. The second kappa shape index (κ2) is 4.65. The van der Waals surface area contributed by atoms with Gasteiger partial charge >= 0.3 is 0 Å². The van der Waals surface area contributed by atoms with Gasteiger partial charge in [-0.1, -0.05) is 12.1 Å². The minimum Gasteiger partial charge on any atom is -0.452 e. The van der Waals surface area contributed by atoms with Gasteiger partial charge in [-0.25, -0.2) is 0 Å². The molecule has 17 heavy (non-hydrogen) atoms. The van der Waals surface area contributed by atoms with Gasteiger partial charge in [0.25, 0.3) is 0 Å². The fourth-order valence-electron chi connectivity index (χ4n) is 1.55. The number of carbonyl (C=O) groups excluding carboxylic acids is 1. The van der Waals surface area contributed by atoms with Crippen molar-refractivity contribution in [1.29, 1.82) is 0 Å². The van der Waals surface area contributed by atoms with Crippen LogP contribution in [0.3, 0.4) is 0 Å². The molecule has 4 nitrogen and oxygen atoms in total. The average Bonchev–Trinajstić information content (AvgIpc) is 2.66. The van der Waals surface area contributed by atoms with Crippen molar-refractivity contribution < 1.29 is 9.53 Å². The molecule has 0 spiro atoms. The SMILES string of the molecule is C=N/C=C(/C=C1\Oc2ccccc2C1=O)NC. The maximum absolute atomic E-state index is 12.0. The number of aliphatic imine (C=N–C) groups is 1. The Bertz CT molecular complexity index is 530. The first kappa shape index (κ1) is 11.1. The van der Waals surface area contributed by atoms with Crippen LogP contribution in [0.25, 0.3) is 0 Å². The molecule has 4 heteroatoms. The molecule has 0 atom stereocenters. The van der Waals surface area contributed by atoms with Crippen molar-refractivity contribution in [3.05, 3.63) is 53.6 Å². The quantitative estimate of drug-likeness (QED) is 0.635. The first-order valence-corrected chi connectivity index (χ1v) is 5.13. The Hall–Kier alpha value is -2.36. The summed E-state index contributed by atoms with van der Waals surface area (Å²) in [4.78, 5) is 15.6. The third-order valence-electron chi connectivity index (χ3n) is 2.38. The van der Waals surface area contributed by atoms with E-state index in [1.165, 1.54) is 6.20 Å². The minimum atomic E-state index is -0.120. The summed E-state index contributed by atoms with van der Waals surface area (Å²) in [6.07, 6.45) is 3.13. The van der Waals surface area contributed by atoms with Gasteiger partial charge in [-0.3, -0.25) is 9.79 Å². The number of para-hydroxylation sites is 1. The van der Waals surface area contributed by atoms with Crippen LogP contribution in [0.4, 0.5) is 0 Å². The van der Waals surface area contributed by atoms with Crippen molar-refractivity contribution in [2.24, 2.45) is 4.99 Å². The highest BCUT2D eigenvalue weighted by molar-refractivity contribution is 6.12. The molecule has 1 aliphatic rings. The van der Waals surface area contributed by atoms with E-state index in [1.54, 1.807) is 25.3 Å². The molecule has 0 amide bonds. The van der Waals surface area contributed by atoms with Crippen LogP contribution in [0, 0.1) is 0 Å². The van der Waals surface area contributed by atoms with Gasteiger partial charge in [-0.2, -0.15) is 0 Å². The van der Waals surface area contributed by atoms with Crippen molar-refractivity contribution in [2.45, 2.75) is 0 Å². The van der Waals surface area contributed by atoms with Crippen LogP contribution in [-0.2, 0) is 0 Å². The molecule has 0 fully saturated rings. The summed E-state index contributed by atoms with van der Waals surface area (Å²) in [5.41, 5.74) is 1.25. The Kier molecular flexibility index (Phi) is 3.05. The number of Topliss-reactive ketones (excluding diaryl/α,β-unsaturated/α-hetero) is 1. The van der Waals surface area contributed by atoms with Crippen LogP contribution >= 0.6 is 0 Å². The average molecular weight is 228 g/mol. The first-order valence-electron chi connectivity index (χ1n) is 5.13. The van der Waals surface area contributed by atoms with Crippen molar-refractivity contribution in [3.63, 3.8) is 0 Å². The van der Waals surface area contributed by atoms with E-state index in [2.05, 4.69) is 17.0 Å². The molecule has 0 radical (unpaired) electrons. The second-order valence-corrected chi connectivity index (χ2v) is 3.45. The van der Waals surface area contributed by atoms with Crippen LogP contribution < -0.4 is 10.1 Å². The molecule has 0 bridgehead atoms. The van der Waals surface area contributed by atoms with E-state index in [1.807, 2.05) is 12.1 Å². The number of ketones is 1. The Labute approximate surface area is 99.3 Å². The summed E-state index contributed by atoms with van der Waals surface area (Å²) in [5.74, 6) is 0.757. The maximum atomic E-state index is 12.0. The number of likely N-dealkylation sites (N-methyl/N-ethyl adjacent to an activating group) is 1. The Morgan fingerprint density at radius 1 is 1.47 bits per heavy atom. The third-order valence-corrected chi connectivity index (χ3v) is 2.38. The molecular weight excluding hydrogens is 216 g/mol. The van der Waals surface area contributed by atoms with Gasteiger partial charge in [-0.05, 0) is 18.9 Å². The lowest BCUT2D eigenvalue weighted by molar-refractivity contribution is 0.101. The molecule has 0 aliphatic carbocycles. The number of ether oxygens (including phenoxy) is 1. The molecule has 1 aromatic rings. The molecule has 0 unspecified atom stereocenters. The molecule has 1 N–H and O–H groups in total. The molecule has 1 heterocycles. The number of fused-ring (bicyclic) bond motifs is 1. The monoisotopic (exact) mass is 228 g/mol. The Morgan fingerprint density at radius 3 is 2.88 bits per heavy atom. The van der Waals surface area contributed by atoms with Gasteiger partial charge in [-0.15, -0.1) is 0 Å². The molecule has 86 valence electrons. The number of carbonyl (C=O) groups is 1. The molecule has 0 saturated heterocycles. The number of allylic oxidation sites excluding steroid dienone is 2. The lowest BCUT2D eigenvalue weighted by Crippen LogP contribution is -2.07. The molecular formula is C13H12N2O2. The predicted octanol–water partition coefficient (Wildman–Crippen LogP) is 1.91. The fraction of sp³-hybridized carbons (Fsp3) is 0.0769. The van der Waals surface area contributed by atoms with Crippen molar-refractivity contribution in [3.8, 4) is 5.75 Å². The largest absolute Gasteiger partial charge is 0.452 e. The fourth-order valence-corrected chi connectivity index (χ4v) is 1.55. The molecule has 2 rings (SSSR count). The van der Waals surface area contributed by atoms with Crippen molar-refractivity contribution in [2.75, 3.05) is 7.05 Å². The van der Waals surface area contributed by atoms with E-state index >= 15 is 0 Å². The van der Waals surface area contributed by atoms with Crippen LogP contribution in [0.1, 0.15) is 10.4 Å². The van der Waals surface area contributed by atoms with E-state index in [0.717, 1.165) is 0 Å². The van der Waals surface area contributed by atoms with Crippen LogP contribution in [0.5, 0.6) is 5.75 Å². The number of nitrogens with zero attached hydrogens (tertiary/aromatic N) is 1. The van der Waals surface area contributed by atoms with Crippen molar-refractivity contribution >= 4 is 12.5 Å². The third kappa shape index (κ3) is 2.10. The number of hydrogen-bond donors (Lipinski definition) is 1. The minimum absolute atomic E-state index is 0.120. The molecule has 0 saturated carbocycles. The van der Waals surface area contributed by atoms with E-state index in [9.17, 15) is 4.79 Å². The summed E-state index contributed by atoms with van der Waals surface area (Å²) in [6.45, 7) is 3.36. The van der Waals surface area contributed by atoms with E-state index in [0.29, 0.717) is 17.0 Å². The first-order chi connectivity index (χ1) is 8.26. The standard InChI is InChI=1S/C13H12N2O2/c1-14-8-9(15-2)7-12-13(16)10-5-3-4-6-11(10)17-12/h3-8,15H,1H2,2H3/b9-8-,12-7-. The summed E-state index contributed by atoms with van der Waals surface area (Å²) in [6, 6.07) is 7.15. The summed E-state index contributed by atoms with van der Waals surface area (Å²) in [5, 5.41) is 2.90. The van der Waals surface area contributed by atoms with E-state index in [4.69, 9.17) is 4.74 Å². The lowest BCUT2D eigenvalue weighted by atomic mass is 10.1. The predicted molar refractivity (Wildman–Crippen MR) is 66.2 cm³/mol. The van der Waals surface area contributed by atoms with E-state index < -0.39 is 0 Å². The maximum Gasteiger partial charge on any atom is 0.232 e. The van der Waals surface area contributed by atoms with Crippen molar-refractivity contribution in [1.82, 2.24) is 5.32 Å². The zero-order chi connectivity index (χ0) is 12.3. The number of nitrogens with one attached hydrogen (secondary N) is 1. The van der Waals surface area contributed by atoms with Gasteiger partial charge < -0.3 is 10.1 Å². The number of rotatable bonds is 3. The van der Waals surface area contributed by atoms with Gasteiger partial charge in [0.15, 0.2) is 5.76 Å². The molecule has 1 aliphatic heterocycles. The smallest absolute Gasteiger partial charge is 0.232 e. The second-order valence-electron chi connectivity index (χ2n) is 3.45. The highest BCUT2D eigenvalue weighted by atomic mass is 16.5. The highest BCUT2D eigenvalue weighted by Gasteiger charge is 2.26.